The van der Waals surface area contributed by atoms with Crippen molar-refractivity contribution in [3.8, 4) is 0 Å². The van der Waals surface area contributed by atoms with Gasteiger partial charge in [-0.05, 0) is 56.2 Å². The zero-order chi connectivity index (χ0) is 21.7. The fourth-order valence-electron chi connectivity index (χ4n) is 5.18. The average Bonchev–Trinajstić information content (AvgIpc) is 3.53. The van der Waals surface area contributed by atoms with Gasteiger partial charge in [0.05, 0.1) is 22.5 Å². The Morgan fingerprint density at radius 1 is 1.12 bits per heavy atom. The van der Waals surface area contributed by atoms with Gasteiger partial charge in [-0.1, -0.05) is 12.1 Å². The lowest BCUT2D eigenvalue weighted by atomic mass is 9.97. The highest BCUT2D eigenvalue weighted by Crippen LogP contribution is 2.34. The summed E-state index contributed by atoms with van der Waals surface area (Å²) < 4.78 is 0. The number of likely N-dealkylation sites (tertiary alicyclic amines) is 1. The molecular weight excluding hydrogens is 422 g/mol. The Morgan fingerprint density at radius 2 is 2.00 bits per heavy atom. The number of fused-ring (bicyclic) bond motifs is 4. The number of hydrogen-bond donors (Lipinski definition) is 2. The predicted molar refractivity (Wildman–Crippen MR) is 125 cm³/mol. The summed E-state index contributed by atoms with van der Waals surface area (Å²) in [7, 11) is 0. The Morgan fingerprint density at radius 3 is 2.91 bits per heavy atom. The minimum Gasteiger partial charge on any atom is -0.340 e. The number of benzene rings is 1. The van der Waals surface area contributed by atoms with E-state index in [1.165, 1.54) is 16.9 Å². The van der Waals surface area contributed by atoms with Gasteiger partial charge >= 0.3 is 0 Å². The summed E-state index contributed by atoms with van der Waals surface area (Å²) in [5, 5.41) is 0.768. The van der Waals surface area contributed by atoms with Crippen LogP contribution in [-0.4, -0.2) is 37.3 Å². The van der Waals surface area contributed by atoms with Crippen LogP contribution in [0.2, 0.25) is 0 Å². The molecule has 4 heterocycles. The van der Waals surface area contributed by atoms with E-state index in [9.17, 15) is 9.59 Å². The highest BCUT2D eigenvalue weighted by molar-refractivity contribution is 7.18. The molecule has 1 saturated heterocycles. The van der Waals surface area contributed by atoms with E-state index in [-0.39, 0.29) is 17.5 Å². The number of para-hydroxylation sites is 2. The Kier molecular flexibility index (Phi) is 4.82. The molecule has 0 bridgehead atoms. The SMILES string of the molecule is O=C(CCc1nc2sc3c(c2c(=O)[nH]1)CCCC3)N1CCCC1c1nc2ccccc2[nH]1. The molecule has 1 unspecified atom stereocenters. The number of carbonyl (C=O) groups is 1. The quantitative estimate of drug-likeness (QED) is 0.494. The lowest BCUT2D eigenvalue weighted by Gasteiger charge is -2.23. The minimum absolute atomic E-state index is 0.0200. The lowest BCUT2D eigenvalue weighted by Crippen LogP contribution is -2.31. The molecule has 1 aromatic carbocycles. The third kappa shape index (κ3) is 3.33. The average molecular weight is 448 g/mol. The van der Waals surface area contributed by atoms with Gasteiger partial charge in [0.15, 0.2) is 0 Å². The fourth-order valence-corrected chi connectivity index (χ4v) is 6.46. The largest absolute Gasteiger partial charge is 0.340 e. The zero-order valence-corrected chi connectivity index (χ0v) is 18.6. The molecule has 6 rings (SSSR count). The normalized spacial score (nSPS) is 18.5. The summed E-state index contributed by atoms with van der Waals surface area (Å²) in [6.45, 7) is 0.737. The van der Waals surface area contributed by atoms with Crippen molar-refractivity contribution in [3.05, 3.63) is 56.7 Å². The van der Waals surface area contributed by atoms with Crippen molar-refractivity contribution >= 4 is 38.5 Å². The summed E-state index contributed by atoms with van der Waals surface area (Å²) in [5.41, 5.74) is 3.06. The van der Waals surface area contributed by atoms with Crippen LogP contribution in [0.4, 0.5) is 0 Å². The van der Waals surface area contributed by atoms with Gasteiger partial charge in [0.1, 0.15) is 16.5 Å². The van der Waals surface area contributed by atoms with E-state index in [4.69, 9.17) is 9.97 Å². The fraction of sp³-hybridized carbons (Fsp3) is 0.417. The molecule has 164 valence electrons. The molecule has 1 aliphatic heterocycles. The maximum atomic E-state index is 13.1. The Balaban J connectivity index is 1.20. The van der Waals surface area contributed by atoms with Crippen LogP contribution in [0.25, 0.3) is 21.3 Å². The van der Waals surface area contributed by atoms with Crippen LogP contribution in [0, 0.1) is 0 Å². The van der Waals surface area contributed by atoms with Gasteiger partial charge in [0.25, 0.3) is 5.56 Å². The van der Waals surface area contributed by atoms with E-state index < -0.39 is 0 Å². The van der Waals surface area contributed by atoms with Crippen LogP contribution in [0.3, 0.4) is 0 Å². The van der Waals surface area contributed by atoms with Gasteiger partial charge < -0.3 is 14.9 Å². The maximum Gasteiger partial charge on any atom is 0.259 e. The Bertz CT molecular complexity index is 1350. The van der Waals surface area contributed by atoms with Crippen molar-refractivity contribution in [2.45, 2.75) is 57.4 Å². The molecule has 0 radical (unpaired) electrons. The summed E-state index contributed by atoms with van der Waals surface area (Å²) in [4.78, 5) is 45.7. The third-order valence-electron chi connectivity index (χ3n) is 6.75. The van der Waals surface area contributed by atoms with Gasteiger partial charge in [0, 0.05) is 24.3 Å². The van der Waals surface area contributed by atoms with Crippen LogP contribution in [0.15, 0.2) is 29.1 Å². The number of hydrogen-bond acceptors (Lipinski definition) is 5. The first-order valence-electron chi connectivity index (χ1n) is 11.4. The van der Waals surface area contributed by atoms with Crippen LogP contribution in [-0.2, 0) is 24.1 Å². The molecule has 32 heavy (non-hydrogen) atoms. The van der Waals surface area contributed by atoms with E-state index in [1.54, 1.807) is 11.3 Å². The van der Waals surface area contributed by atoms with E-state index >= 15 is 0 Å². The van der Waals surface area contributed by atoms with Crippen molar-refractivity contribution in [1.29, 1.82) is 0 Å². The van der Waals surface area contributed by atoms with Gasteiger partial charge in [-0.25, -0.2) is 9.97 Å². The first-order valence-corrected chi connectivity index (χ1v) is 12.3. The van der Waals surface area contributed by atoms with E-state index in [0.29, 0.717) is 18.7 Å². The van der Waals surface area contributed by atoms with Gasteiger partial charge in [0.2, 0.25) is 5.91 Å². The van der Waals surface area contributed by atoms with Crippen molar-refractivity contribution < 1.29 is 4.79 Å². The molecule has 2 aliphatic rings. The summed E-state index contributed by atoms with van der Waals surface area (Å²) in [6.07, 6.45) is 6.98. The monoisotopic (exact) mass is 447 g/mol. The van der Waals surface area contributed by atoms with Crippen molar-refractivity contribution in [2.24, 2.45) is 0 Å². The van der Waals surface area contributed by atoms with Crippen molar-refractivity contribution in [1.82, 2.24) is 24.8 Å². The smallest absolute Gasteiger partial charge is 0.259 e. The second-order valence-electron chi connectivity index (χ2n) is 8.79. The van der Waals surface area contributed by atoms with E-state index in [2.05, 4.69) is 9.97 Å². The second kappa shape index (κ2) is 7.85. The molecule has 1 aliphatic carbocycles. The molecular formula is C24H25N5O2S. The standard InChI is InChI=1S/C24H25N5O2S/c30-20(29-13-5-9-17(29)22-25-15-7-2-3-8-16(15)26-22)12-11-19-27-23(31)21-14-6-1-4-10-18(14)32-24(21)28-19/h2-3,7-8,17H,1,4-6,9-13H2,(H,25,26)(H,27,28,31). The first kappa shape index (κ1) is 19.7. The number of nitrogens with one attached hydrogen (secondary N) is 2. The molecule has 3 aromatic heterocycles. The predicted octanol–water partition coefficient (Wildman–Crippen LogP) is 4.04. The minimum atomic E-state index is -0.0572. The number of thiophene rings is 1. The third-order valence-corrected chi connectivity index (χ3v) is 7.93. The van der Waals surface area contributed by atoms with Gasteiger partial charge in [-0.15, -0.1) is 11.3 Å². The van der Waals surface area contributed by atoms with Crippen molar-refractivity contribution in [2.75, 3.05) is 6.54 Å². The summed E-state index contributed by atoms with van der Waals surface area (Å²) in [6, 6.07) is 7.92. The second-order valence-corrected chi connectivity index (χ2v) is 9.87. The van der Waals surface area contributed by atoms with E-state index in [1.807, 2.05) is 29.2 Å². The van der Waals surface area contributed by atoms with Crippen LogP contribution in [0.1, 0.15) is 60.2 Å². The maximum absolute atomic E-state index is 13.1. The molecule has 1 amide bonds. The molecule has 8 heteroatoms. The number of carbonyl (C=O) groups excluding carboxylic acids is 1. The number of amides is 1. The molecule has 0 spiro atoms. The molecule has 1 atom stereocenters. The summed E-state index contributed by atoms with van der Waals surface area (Å²) >= 11 is 1.65. The topological polar surface area (TPSA) is 94.7 Å². The zero-order valence-electron chi connectivity index (χ0n) is 17.8. The van der Waals surface area contributed by atoms with Gasteiger partial charge in [-0.3, -0.25) is 9.59 Å². The molecule has 2 N–H and O–H groups in total. The number of H-pyrrole nitrogens is 2. The highest BCUT2D eigenvalue weighted by Gasteiger charge is 2.32. The Labute approximate surface area is 188 Å². The molecule has 0 saturated carbocycles. The molecule has 7 nitrogen and oxygen atoms in total. The lowest BCUT2D eigenvalue weighted by molar-refractivity contribution is -0.132. The first-order chi connectivity index (χ1) is 15.7. The number of aromatic amines is 2. The number of rotatable bonds is 4. The van der Waals surface area contributed by atoms with Crippen molar-refractivity contribution in [3.63, 3.8) is 0 Å². The van der Waals surface area contributed by atoms with Crippen LogP contribution < -0.4 is 5.56 Å². The number of imidazole rings is 1. The molecule has 4 aromatic rings. The summed E-state index contributed by atoms with van der Waals surface area (Å²) in [5.74, 6) is 1.55. The Hall–Kier alpha value is -3.00. The van der Waals surface area contributed by atoms with E-state index in [0.717, 1.165) is 65.7 Å². The highest BCUT2D eigenvalue weighted by atomic mass is 32.1. The van der Waals surface area contributed by atoms with Gasteiger partial charge in [-0.2, -0.15) is 0 Å². The number of aromatic nitrogens is 4. The molecule has 1 fully saturated rings. The van der Waals surface area contributed by atoms with Crippen LogP contribution >= 0.6 is 11.3 Å². The van der Waals surface area contributed by atoms with Crippen LogP contribution in [0.5, 0.6) is 0 Å². The number of aryl methyl sites for hydroxylation is 3. The number of nitrogens with zero attached hydrogens (tertiary/aromatic N) is 3.